The number of nitro groups is 2. The fraction of sp³-hybridized carbons (Fsp3) is 0.133. The first-order valence-corrected chi connectivity index (χ1v) is 9.07. The molecule has 13 heteroatoms. The minimum absolute atomic E-state index is 0.0173. The Kier molecular flexibility index (Phi) is 6.85. The van der Waals surface area contributed by atoms with E-state index in [1.54, 1.807) is 0 Å². The second kappa shape index (κ2) is 8.93. The molecule has 0 saturated heterocycles. The number of thioether (sulfide) groups is 2. The van der Waals surface area contributed by atoms with E-state index in [-0.39, 0.29) is 33.0 Å². The van der Waals surface area contributed by atoms with E-state index < -0.39 is 32.6 Å². The summed E-state index contributed by atoms with van der Waals surface area (Å²) in [4.78, 5) is 32.1. The third-order valence-corrected chi connectivity index (χ3v) is 4.97. The van der Waals surface area contributed by atoms with Crippen molar-refractivity contribution in [3.05, 3.63) is 62.7 Å². The number of hydrogen-bond acceptors (Lipinski definition) is 7. The van der Waals surface area contributed by atoms with Gasteiger partial charge in [0.25, 0.3) is 11.4 Å². The van der Waals surface area contributed by atoms with Crippen molar-refractivity contribution in [2.45, 2.75) is 15.3 Å². The number of alkyl halides is 3. The van der Waals surface area contributed by atoms with Crippen molar-refractivity contribution in [2.75, 3.05) is 11.1 Å². The largest absolute Gasteiger partial charge is 0.446 e. The summed E-state index contributed by atoms with van der Waals surface area (Å²) in [5.41, 5.74) is -5.60. The predicted molar refractivity (Wildman–Crippen MR) is 97.5 cm³/mol. The van der Waals surface area contributed by atoms with Crippen LogP contribution in [0.25, 0.3) is 0 Å². The van der Waals surface area contributed by atoms with E-state index in [1.165, 1.54) is 24.3 Å². The Labute approximate surface area is 163 Å². The van der Waals surface area contributed by atoms with E-state index in [0.29, 0.717) is 0 Å². The van der Waals surface area contributed by atoms with E-state index >= 15 is 0 Å². The SMILES string of the molecule is O=C(CSc1ccc([N+](=O)[O-])cc1[N+](=O)[O-])Nc1ccccc1SC(F)(F)F. The van der Waals surface area contributed by atoms with Gasteiger partial charge >= 0.3 is 5.51 Å². The highest BCUT2D eigenvalue weighted by molar-refractivity contribution is 8.00. The smallest absolute Gasteiger partial charge is 0.324 e. The van der Waals surface area contributed by atoms with Crippen LogP contribution in [0.2, 0.25) is 0 Å². The number of anilines is 1. The number of nitrogens with zero attached hydrogens (tertiary/aromatic N) is 2. The lowest BCUT2D eigenvalue weighted by molar-refractivity contribution is -0.396. The molecular formula is C15H10F3N3O5S2. The van der Waals surface area contributed by atoms with Crippen LogP contribution in [0.4, 0.5) is 30.2 Å². The van der Waals surface area contributed by atoms with E-state index in [0.717, 1.165) is 30.0 Å². The summed E-state index contributed by atoms with van der Waals surface area (Å²) in [5, 5.41) is 24.1. The zero-order chi connectivity index (χ0) is 20.9. The summed E-state index contributed by atoms with van der Waals surface area (Å²) in [6.45, 7) is 0. The third-order valence-electron chi connectivity index (χ3n) is 3.10. The monoisotopic (exact) mass is 433 g/mol. The maximum atomic E-state index is 12.6. The van der Waals surface area contributed by atoms with Gasteiger partial charge in [-0.05, 0) is 30.0 Å². The van der Waals surface area contributed by atoms with E-state index in [1.807, 2.05) is 0 Å². The van der Waals surface area contributed by atoms with Crippen LogP contribution in [0.1, 0.15) is 0 Å². The highest BCUT2D eigenvalue weighted by Crippen LogP contribution is 2.40. The average Bonchev–Trinajstić information content (AvgIpc) is 2.60. The molecule has 0 spiro atoms. The molecule has 0 aliphatic rings. The number of carbonyl (C=O) groups excluding carboxylic acids is 1. The maximum Gasteiger partial charge on any atom is 0.446 e. The van der Waals surface area contributed by atoms with Gasteiger partial charge in [-0.2, -0.15) is 13.2 Å². The molecular weight excluding hydrogens is 423 g/mol. The molecule has 0 radical (unpaired) electrons. The van der Waals surface area contributed by atoms with E-state index in [2.05, 4.69) is 5.32 Å². The summed E-state index contributed by atoms with van der Waals surface area (Å²) in [7, 11) is 0. The number of non-ortho nitro benzene ring substituents is 1. The second-order valence-electron chi connectivity index (χ2n) is 5.05. The summed E-state index contributed by atoms with van der Waals surface area (Å²) < 4.78 is 37.7. The second-order valence-corrected chi connectivity index (χ2v) is 7.17. The quantitative estimate of drug-likeness (QED) is 0.377. The normalized spacial score (nSPS) is 11.1. The van der Waals surface area contributed by atoms with Crippen molar-refractivity contribution in [1.29, 1.82) is 0 Å². The summed E-state index contributed by atoms with van der Waals surface area (Å²) in [6, 6.07) is 8.30. The number of benzene rings is 2. The zero-order valence-electron chi connectivity index (χ0n) is 13.6. The van der Waals surface area contributed by atoms with Crippen LogP contribution in [0.15, 0.2) is 52.3 Å². The molecule has 2 aromatic rings. The number of rotatable bonds is 7. The Morgan fingerprint density at radius 1 is 1.04 bits per heavy atom. The van der Waals surface area contributed by atoms with Crippen molar-refractivity contribution >= 4 is 46.5 Å². The number of para-hydroxylation sites is 1. The van der Waals surface area contributed by atoms with Crippen LogP contribution in [-0.2, 0) is 4.79 Å². The Morgan fingerprint density at radius 3 is 2.32 bits per heavy atom. The van der Waals surface area contributed by atoms with Gasteiger partial charge in [0, 0.05) is 11.0 Å². The molecule has 0 heterocycles. The van der Waals surface area contributed by atoms with Crippen molar-refractivity contribution in [3.63, 3.8) is 0 Å². The fourth-order valence-electron chi connectivity index (χ4n) is 2.00. The van der Waals surface area contributed by atoms with Crippen LogP contribution >= 0.6 is 23.5 Å². The predicted octanol–water partition coefficient (Wildman–Crippen LogP) is 4.85. The Balaban J connectivity index is 2.10. The number of hydrogen-bond donors (Lipinski definition) is 1. The lowest BCUT2D eigenvalue weighted by Crippen LogP contribution is -2.15. The first-order chi connectivity index (χ1) is 13.1. The molecule has 0 atom stereocenters. The summed E-state index contributed by atoms with van der Waals surface area (Å²) >= 11 is 0.357. The van der Waals surface area contributed by atoms with Gasteiger partial charge in [-0.3, -0.25) is 25.0 Å². The van der Waals surface area contributed by atoms with Crippen LogP contribution < -0.4 is 5.32 Å². The highest BCUT2D eigenvalue weighted by atomic mass is 32.2. The zero-order valence-corrected chi connectivity index (χ0v) is 15.3. The molecule has 2 aromatic carbocycles. The van der Waals surface area contributed by atoms with Crippen molar-refractivity contribution in [3.8, 4) is 0 Å². The topological polar surface area (TPSA) is 115 Å². The lowest BCUT2D eigenvalue weighted by Gasteiger charge is -2.12. The van der Waals surface area contributed by atoms with E-state index in [4.69, 9.17) is 0 Å². The molecule has 1 N–H and O–H groups in total. The maximum absolute atomic E-state index is 12.6. The van der Waals surface area contributed by atoms with Crippen molar-refractivity contribution in [1.82, 2.24) is 0 Å². The van der Waals surface area contributed by atoms with Gasteiger partial charge in [-0.15, -0.1) is 11.8 Å². The number of halogens is 3. The molecule has 0 aliphatic carbocycles. The molecule has 0 bridgehead atoms. The number of carbonyl (C=O) groups is 1. The van der Waals surface area contributed by atoms with Gasteiger partial charge < -0.3 is 5.32 Å². The molecule has 0 fully saturated rings. The number of amides is 1. The van der Waals surface area contributed by atoms with Gasteiger partial charge in [-0.1, -0.05) is 12.1 Å². The summed E-state index contributed by atoms with van der Waals surface area (Å²) in [5.74, 6) is -1.03. The molecule has 0 saturated carbocycles. The Bertz CT molecular complexity index is 924. The van der Waals surface area contributed by atoms with Crippen LogP contribution in [0, 0.1) is 20.2 Å². The minimum atomic E-state index is -4.53. The lowest BCUT2D eigenvalue weighted by atomic mass is 10.3. The summed E-state index contributed by atoms with van der Waals surface area (Å²) in [6.07, 6.45) is 0. The number of nitrogens with one attached hydrogen (secondary N) is 1. The standard InChI is InChI=1S/C15H10F3N3O5S2/c16-15(17,18)28-12-4-2-1-3-10(12)19-14(22)8-27-13-6-5-9(20(23)24)7-11(13)21(25)26/h1-7H,8H2,(H,19,22). The third kappa shape index (κ3) is 6.13. The van der Waals surface area contributed by atoms with Crippen LogP contribution in [0.5, 0.6) is 0 Å². The molecule has 28 heavy (non-hydrogen) atoms. The van der Waals surface area contributed by atoms with Gasteiger partial charge in [0.2, 0.25) is 5.91 Å². The average molecular weight is 433 g/mol. The highest BCUT2D eigenvalue weighted by Gasteiger charge is 2.30. The first-order valence-electron chi connectivity index (χ1n) is 7.27. The Hall–Kier alpha value is -2.80. The van der Waals surface area contributed by atoms with Crippen LogP contribution in [-0.4, -0.2) is 27.0 Å². The van der Waals surface area contributed by atoms with Crippen molar-refractivity contribution in [2.24, 2.45) is 0 Å². The minimum Gasteiger partial charge on any atom is -0.324 e. The molecule has 148 valence electrons. The van der Waals surface area contributed by atoms with Gasteiger partial charge in [0.1, 0.15) is 0 Å². The first kappa shape index (κ1) is 21.5. The fourth-order valence-corrected chi connectivity index (χ4v) is 3.43. The molecule has 0 aromatic heterocycles. The Morgan fingerprint density at radius 2 is 1.71 bits per heavy atom. The number of nitro benzene ring substituents is 2. The molecule has 8 nitrogen and oxygen atoms in total. The molecule has 0 unspecified atom stereocenters. The van der Waals surface area contributed by atoms with Gasteiger partial charge in [0.05, 0.1) is 32.2 Å². The van der Waals surface area contributed by atoms with E-state index in [9.17, 15) is 38.2 Å². The van der Waals surface area contributed by atoms with Crippen LogP contribution in [0.3, 0.4) is 0 Å². The molecule has 2 rings (SSSR count). The molecule has 1 amide bonds. The molecule has 0 aliphatic heterocycles. The van der Waals surface area contributed by atoms with Crippen molar-refractivity contribution < 1.29 is 27.8 Å². The van der Waals surface area contributed by atoms with Gasteiger partial charge in [0.15, 0.2) is 0 Å². The van der Waals surface area contributed by atoms with Gasteiger partial charge in [-0.25, -0.2) is 0 Å².